The monoisotopic (exact) mass is 214 g/mol. The summed E-state index contributed by atoms with van der Waals surface area (Å²) in [4.78, 5) is 22.9. The van der Waals surface area contributed by atoms with Crippen LogP contribution in [0.15, 0.2) is 0 Å². The lowest BCUT2D eigenvalue weighted by molar-refractivity contribution is -0.130. The Bertz CT molecular complexity index is 215. The third-order valence-corrected chi connectivity index (χ3v) is 2.24. The number of amides is 1. The zero-order valence-corrected chi connectivity index (χ0v) is 10.1. The maximum Gasteiger partial charge on any atom is 0.220 e. The highest BCUT2D eigenvalue weighted by molar-refractivity contribution is 5.87. The van der Waals surface area contributed by atoms with Gasteiger partial charge in [-0.05, 0) is 7.05 Å². The minimum absolute atomic E-state index is 0.00473. The lowest BCUT2D eigenvalue weighted by Gasteiger charge is -2.12. The number of hydrogen-bond donors (Lipinski definition) is 2. The van der Waals surface area contributed by atoms with E-state index >= 15 is 0 Å². The van der Waals surface area contributed by atoms with Gasteiger partial charge >= 0.3 is 0 Å². The zero-order valence-electron chi connectivity index (χ0n) is 10.1. The van der Waals surface area contributed by atoms with Crippen LogP contribution in [0.1, 0.15) is 27.2 Å². The van der Waals surface area contributed by atoms with Gasteiger partial charge in [-0.1, -0.05) is 20.8 Å². The van der Waals surface area contributed by atoms with E-state index < -0.39 is 0 Å². The van der Waals surface area contributed by atoms with Crippen LogP contribution >= 0.6 is 0 Å². The second-order valence-electron chi connectivity index (χ2n) is 4.12. The number of hydrogen-bond acceptors (Lipinski definition) is 3. The summed E-state index contributed by atoms with van der Waals surface area (Å²) < 4.78 is 0. The van der Waals surface area contributed by atoms with Gasteiger partial charge in [-0.15, -0.1) is 0 Å². The Morgan fingerprint density at radius 1 is 1.13 bits per heavy atom. The number of Topliss-reactive ketones (excluding diaryl/α,β-unsaturated/α-hetero) is 1. The van der Waals surface area contributed by atoms with Crippen molar-refractivity contribution in [2.24, 2.45) is 11.8 Å². The highest BCUT2D eigenvalue weighted by Crippen LogP contribution is 2.09. The van der Waals surface area contributed by atoms with Crippen LogP contribution in [0.2, 0.25) is 0 Å². The minimum Gasteiger partial charge on any atom is -0.355 e. The lowest BCUT2D eigenvalue weighted by Crippen LogP contribution is -2.33. The van der Waals surface area contributed by atoms with E-state index in [0.717, 1.165) is 6.54 Å². The van der Waals surface area contributed by atoms with Crippen LogP contribution in [0.25, 0.3) is 0 Å². The van der Waals surface area contributed by atoms with E-state index in [1.54, 1.807) is 6.92 Å². The van der Waals surface area contributed by atoms with Gasteiger partial charge in [0.15, 0.2) is 0 Å². The smallest absolute Gasteiger partial charge is 0.220 e. The molecule has 0 spiro atoms. The molecule has 15 heavy (non-hydrogen) atoms. The molecule has 0 heterocycles. The molecule has 2 N–H and O–H groups in total. The molecule has 0 aliphatic heterocycles. The van der Waals surface area contributed by atoms with Crippen molar-refractivity contribution in [1.82, 2.24) is 10.6 Å². The summed E-state index contributed by atoms with van der Waals surface area (Å²) in [6.45, 7) is 6.88. The van der Waals surface area contributed by atoms with E-state index in [9.17, 15) is 9.59 Å². The fourth-order valence-corrected chi connectivity index (χ4v) is 1.35. The molecule has 1 amide bonds. The van der Waals surface area contributed by atoms with E-state index in [-0.39, 0.29) is 23.5 Å². The molecule has 1 unspecified atom stereocenters. The summed E-state index contributed by atoms with van der Waals surface area (Å²) in [5, 5.41) is 5.69. The molecular weight excluding hydrogens is 192 g/mol. The van der Waals surface area contributed by atoms with Gasteiger partial charge < -0.3 is 10.6 Å². The van der Waals surface area contributed by atoms with Crippen LogP contribution in [0.5, 0.6) is 0 Å². The van der Waals surface area contributed by atoms with Crippen LogP contribution in [-0.2, 0) is 9.59 Å². The topological polar surface area (TPSA) is 58.2 Å². The molecule has 0 aromatic carbocycles. The number of carbonyl (C=O) groups excluding carboxylic acids is 2. The number of ketones is 1. The Labute approximate surface area is 91.8 Å². The first-order valence-electron chi connectivity index (χ1n) is 5.44. The average Bonchev–Trinajstić information content (AvgIpc) is 2.16. The number of rotatable bonds is 7. The maximum absolute atomic E-state index is 11.5. The summed E-state index contributed by atoms with van der Waals surface area (Å²) in [5.41, 5.74) is 0. The van der Waals surface area contributed by atoms with E-state index in [1.807, 2.05) is 20.9 Å². The first-order chi connectivity index (χ1) is 6.99. The highest BCUT2D eigenvalue weighted by Gasteiger charge is 2.18. The Morgan fingerprint density at radius 2 is 1.73 bits per heavy atom. The summed E-state index contributed by atoms with van der Waals surface area (Å²) >= 11 is 0. The third-order valence-electron chi connectivity index (χ3n) is 2.24. The molecule has 4 heteroatoms. The minimum atomic E-state index is -0.181. The lowest BCUT2D eigenvalue weighted by atomic mass is 9.94. The molecule has 4 nitrogen and oxygen atoms in total. The van der Waals surface area contributed by atoms with E-state index in [4.69, 9.17) is 0 Å². The molecule has 0 rings (SSSR count). The average molecular weight is 214 g/mol. The van der Waals surface area contributed by atoms with Gasteiger partial charge in [-0.2, -0.15) is 0 Å². The van der Waals surface area contributed by atoms with Crippen molar-refractivity contribution < 1.29 is 9.59 Å². The first-order valence-corrected chi connectivity index (χ1v) is 5.44. The molecule has 0 aromatic rings. The Hall–Kier alpha value is -0.900. The first kappa shape index (κ1) is 14.1. The molecule has 0 radical (unpaired) electrons. The third kappa shape index (κ3) is 6.23. The molecule has 0 aliphatic rings. The van der Waals surface area contributed by atoms with Crippen LogP contribution < -0.4 is 10.6 Å². The van der Waals surface area contributed by atoms with Gasteiger partial charge in [0.2, 0.25) is 5.91 Å². The Kier molecular flexibility index (Phi) is 6.96. The summed E-state index contributed by atoms with van der Waals surface area (Å²) in [6, 6.07) is 0. The second kappa shape index (κ2) is 7.40. The molecule has 0 bridgehead atoms. The van der Waals surface area contributed by atoms with Gasteiger partial charge in [0.25, 0.3) is 0 Å². The second-order valence-corrected chi connectivity index (χ2v) is 4.12. The molecule has 88 valence electrons. The van der Waals surface area contributed by atoms with Crippen LogP contribution in [0, 0.1) is 11.8 Å². The molecule has 0 saturated carbocycles. The van der Waals surface area contributed by atoms with Gasteiger partial charge in [-0.3, -0.25) is 9.59 Å². The summed E-state index contributed by atoms with van der Waals surface area (Å²) in [5.74, 6) is -0.0739. The highest BCUT2D eigenvalue weighted by atomic mass is 16.2. The predicted molar refractivity (Wildman–Crippen MR) is 60.6 cm³/mol. The molecule has 0 saturated heterocycles. The van der Waals surface area contributed by atoms with Crippen molar-refractivity contribution in [2.75, 3.05) is 20.1 Å². The van der Waals surface area contributed by atoms with Crippen LogP contribution in [0.3, 0.4) is 0 Å². The maximum atomic E-state index is 11.5. The van der Waals surface area contributed by atoms with Gasteiger partial charge in [0.05, 0.1) is 0 Å². The SMILES string of the molecule is CNCCNC(=O)CC(C)C(=O)C(C)C. The largest absolute Gasteiger partial charge is 0.355 e. The van der Waals surface area contributed by atoms with E-state index in [1.165, 1.54) is 0 Å². The van der Waals surface area contributed by atoms with Gasteiger partial charge in [0, 0.05) is 31.3 Å². The van der Waals surface area contributed by atoms with Crippen molar-refractivity contribution >= 4 is 11.7 Å². The molecule has 0 fully saturated rings. The molecule has 1 atom stereocenters. The standard InChI is InChI=1S/C11H22N2O2/c1-8(2)11(15)9(3)7-10(14)13-6-5-12-4/h8-9,12H,5-7H2,1-4H3,(H,13,14). The van der Waals surface area contributed by atoms with E-state index in [0.29, 0.717) is 13.0 Å². The molecule has 0 aromatic heterocycles. The Balaban J connectivity index is 3.81. The van der Waals surface area contributed by atoms with Gasteiger partial charge in [0.1, 0.15) is 5.78 Å². The number of carbonyl (C=O) groups is 2. The normalized spacial score (nSPS) is 12.6. The predicted octanol–water partition coefficient (Wildman–Crippen LogP) is 0.573. The molecular formula is C11H22N2O2. The zero-order chi connectivity index (χ0) is 11.8. The summed E-state index contributed by atoms with van der Waals surface area (Å²) in [7, 11) is 1.83. The van der Waals surface area contributed by atoms with Crippen molar-refractivity contribution in [3.8, 4) is 0 Å². The van der Waals surface area contributed by atoms with Crippen molar-refractivity contribution in [3.63, 3.8) is 0 Å². The Morgan fingerprint density at radius 3 is 2.20 bits per heavy atom. The number of nitrogens with one attached hydrogen (secondary N) is 2. The fourth-order valence-electron chi connectivity index (χ4n) is 1.35. The quantitative estimate of drug-likeness (QED) is 0.609. The van der Waals surface area contributed by atoms with Crippen molar-refractivity contribution in [2.45, 2.75) is 27.2 Å². The van der Waals surface area contributed by atoms with E-state index in [2.05, 4.69) is 10.6 Å². The summed E-state index contributed by atoms with van der Waals surface area (Å²) in [6.07, 6.45) is 0.292. The van der Waals surface area contributed by atoms with Crippen LogP contribution in [-0.4, -0.2) is 31.8 Å². The fraction of sp³-hybridized carbons (Fsp3) is 0.818. The van der Waals surface area contributed by atoms with Crippen LogP contribution in [0.4, 0.5) is 0 Å². The van der Waals surface area contributed by atoms with Gasteiger partial charge in [-0.25, -0.2) is 0 Å². The van der Waals surface area contributed by atoms with Crippen molar-refractivity contribution in [1.29, 1.82) is 0 Å². The molecule has 0 aliphatic carbocycles. The number of likely N-dealkylation sites (N-methyl/N-ethyl adjacent to an activating group) is 1. The van der Waals surface area contributed by atoms with Crippen molar-refractivity contribution in [3.05, 3.63) is 0 Å².